The number of urea groups is 1. The zero-order valence-corrected chi connectivity index (χ0v) is 20.9. The van der Waals surface area contributed by atoms with Crippen LogP contribution < -0.4 is 20.3 Å². The van der Waals surface area contributed by atoms with E-state index in [-0.39, 0.29) is 17.7 Å². The fraction of sp³-hybridized carbons (Fsp3) is 0.214. The first-order valence-electron chi connectivity index (χ1n) is 12.2. The lowest BCUT2D eigenvalue weighted by Crippen LogP contribution is -2.38. The van der Waals surface area contributed by atoms with Crippen LogP contribution in [0.1, 0.15) is 40.9 Å². The molecule has 0 saturated heterocycles. The maximum Gasteiger partial charge on any atom is 0.331 e. The summed E-state index contributed by atoms with van der Waals surface area (Å²) in [5.74, 6) is 1.20. The third-order valence-electron chi connectivity index (χ3n) is 6.75. The van der Waals surface area contributed by atoms with Gasteiger partial charge in [-0.25, -0.2) is 9.78 Å². The molecule has 2 aromatic carbocycles. The van der Waals surface area contributed by atoms with Crippen LogP contribution in [-0.2, 0) is 4.79 Å². The van der Waals surface area contributed by atoms with Gasteiger partial charge in [0.1, 0.15) is 21.2 Å². The van der Waals surface area contributed by atoms with Gasteiger partial charge in [-0.1, -0.05) is 30.3 Å². The largest absolute Gasteiger partial charge is 0.455 e. The molecule has 0 bridgehead atoms. The topological polar surface area (TPSA) is 101 Å². The maximum absolute atomic E-state index is 13.5. The summed E-state index contributed by atoms with van der Waals surface area (Å²) in [5.41, 5.74) is 2.64. The second-order valence-electron chi connectivity index (χ2n) is 9.20. The summed E-state index contributed by atoms with van der Waals surface area (Å²) in [6, 6.07) is 16.4. The summed E-state index contributed by atoms with van der Waals surface area (Å²) >= 11 is 1.25. The number of aromatic nitrogens is 1. The number of carbonyl (C=O) groups excluding carboxylic acids is 3. The second kappa shape index (κ2) is 9.33. The predicted molar refractivity (Wildman–Crippen MR) is 143 cm³/mol. The molecule has 2 aliphatic rings. The summed E-state index contributed by atoms with van der Waals surface area (Å²) in [5, 5.41) is 6.69. The van der Waals surface area contributed by atoms with Gasteiger partial charge in [0.05, 0.1) is 22.4 Å². The standard InChI is InChI=1S/C28H24N4O4S/c1-16-6-2-4-8-21(16)36-22-9-5-3-7-19(22)32-20-14-15-29-27-23(20)24(31-28(32)35)25(37-27)26(34)30-17-10-12-18(33)13-11-17/h2-9,14-15,17H,10-13H2,1H3,(H,30,34)(H,31,35). The Balaban J connectivity index is 1.38. The van der Waals surface area contributed by atoms with Crippen molar-refractivity contribution in [2.45, 2.75) is 38.6 Å². The van der Waals surface area contributed by atoms with Crippen molar-refractivity contribution in [1.82, 2.24) is 10.3 Å². The van der Waals surface area contributed by atoms with Gasteiger partial charge in [0, 0.05) is 25.1 Å². The fourth-order valence-electron chi connectivity index (χ4n) is 4.84. The molecular weight excluding hydrogens is 488 g/mol. The molecule has 1 saturated carbocycles. The molecule has 3 heterocycles. The van der Waals surface area contributed by atoms with Crippen molar-refractivity contribution in [3.05, 3.63) is 71.2 Å². The maximum atomic E-state index is 13.5. The first-order chi connectivity index (χ1) is 18.0. The Kier molecular flexibility index (Phi) is 5.84. The first kappa shape index (κ1) is 23.2. The molecule has 1 aliphatic carbocycles. The van der Waals surface area contributed by atoms with Crippen LogP contribution in [0.15, 0.2) is 60.8 Å². The Morgan fingerprint density at radius 1 is 1.03 bits per heavy atom. The van der Waals surface area contributed by atoms with Crippen LogP contribution in [0, 0.1) is 6.92 Å². The zero-order valence-electron chi connectivity index (χ0n) is 20.1. The van der Waals surface area contributed by atoms with Gasteiger partial charge < -0.3 is 15.4 Å². The predicted octanol–water partition coefficient (Wildman–Crippen LogP) is 6.32. The van der Waals surface area contributed by atoms with E-state index in [9.17, 15) is 14.4 Å². The van der Waals surface area contributed by atoms with E-state index < -0.39 is 6.03 Å². The van der Waals surface area contributed by atoms with Crippen LogP contribution in [0.25, 0.3) is 10.2 Å². The number of rotatable bonds is 5. The molecule has 8 nitrogen and oxygen atoms in total. The van der Waals surface area contributed by atoms with E-state index >= 15 is 0 Å². The monoisotopic (exact) mass is 512 g/mol. The summed E-state index contributed by atoms with van der Waals surface area (Å²) in [7, 11) is 0. The van der Waals surface area contributed by atoms with Gasteiger partial charge in [0.15, 0.2) is 5.75 Å². The molecular formula is C28H24N4O4S. The molecule has 0 unspecified atom stereocenters. The molecule has 186 valence electrons. The van der Waals surface area contributed by atoms with Crippen LogP contribution in [-0.4, -0.2) is 28.7 Å². The van der Waals surface area contributed by atoms with Gasteiger partial charge >= 0.3 is 6.03 Å². The molecule has 37 heavy (non-hydrogen) atoms. The van der Waals surface area contributed by atoms with E-state index in [1.165, 1.54) is 11.3 Å². The van der Waals surface area contributed by atoms with Crippen LogP contribution in [0.5, 0.6) is 11.5 Å². The SMILES string of the molecule is Cc1ccccc1Oc1ccccc1N1C(=O)Nc2c(C(=O)NC3CCC(=O)CC3)sc3nccc1c23. The summed E-state index contributed by atoms with van der Waals surface area (Å²) in [6.07, 6.45) is 3.86. The smallest absolute Gasteiger partial charge is 0.331 e. The molecule has 0 atom stereocenters. The normalized spacial score (nSPS) is 15.5. The van der Waals surface area contributed by atoms with Gasteiger partial charge in [0.25, 0.3) is 5.91 Å². The average Bonchev–Trinajstić information content (AvgIpc) is 3.27. The minimum Gasteiger partial charge on any atom is -0.455 e. The van der Waals surface area contributed by atoms with Crippen LogP contribution >= 0.6 is 11.3 Å². The molecule has 3 amide bonds. The number of benzene rings is 2. The third-order valence-corrected chi connectivity index (χ3v) is 7.85. The Labute approximate surface area is 217 Å². The number of hydrogen-bond donors (Lipinski definition) is 2. The highest BCUT2D eigenvalue weighted by molar-refractivity contribution is 7.21. The second-order valence-corrected chi connectivity index (χ2v) is 10.2. The number of nitrogens with one attached hydrogen (secondary N) is 2. The Hall–Kier alpha value is -4.24. The number of amides is 3. The van der Waals surface area contributed by atoms with E-state index in [1.54, 1.807) is 17.2 Å². The number of hydrogen-bond acceptors (Lipinski definition) is 6. The number of pyridine rings is 1. The molecule has 6 rings (SSSR count). The minimum atomic E-state index is -0.392. The first-order valence-corrected chi connectivity index (χ1v) is 13.0. The summed E-state index contributed by atoms with van der Waals surface area (Å²) in [4.78, 5) is 45.4. The molecule has 0 spiro atoms. The third kappa shape index (κ3) is 4.21. The molecule has 4 aromatic rings. The van der Waals surface area contributed by atoms with Gasteiger partial charge in [0.2, 0.25) is 0 Å². The number of ether oxygens (including phenoxy) is 1. The number of ketones is 1. The van der Waals surface area contributed by atoms with Crippen molar-refractivity contribution in [1.29, 1.82) is 0 Å². The quantitative estimate of drug-likeness (QED) is 0.326. The van der Waals surface area contributed by atoms with Crippen LogP contribution in [0.4, 0.5) is 21.9 Å². The number of carbonyl (C=O) groups is 3. The van der Waals surface area contributed by atoms with E-state index in [1.807, 2.05) is 55.5 Å². The lowest BCUT2D eigenvalue weighted by Gasteiger charge is -2.29. The van der Waals surface area contributed by atoms with Crippen molar-refractivity contribution >= 4 is 56.3 Å². The molecule has 1 aliphatic heterocycles. The number of anilines is 3. The Morgan fingerprint density at radius 2 is 1.76 bits per heavy atom. The Bertz CT molecular complexity index is 1550. The van der Waals surface area contributed by atoms with E-state index in [4.69, 9.17) is 4.74 Å². The van der Waals surface area contributed by atoms with Crippen molar-refractivity contribution in [2.24, 2.45) is 0 Å². The molecule has 0 radical (unpaired) electrons. The van der Waals surface area contributed by atoms with Gasteiger partial charge in [-0.05, 0) is 49.6 Å². The van der Waals surface area contributed by atoms with Crippen molar-refractivity contribution in [2.75, 3.05) is 10.2 Å². The number of nitrogens with zero attached hydrogens (tertiary/aromatic N) is 2. The van der Waals surface area contributed by atoms with Crippen LogP contribution in [0.3, 0.4) is 0 Å². The lowest BCUT2D eigenvalue weighted by molar-refractivity contribution is -0.120. The van der Waals surface area contributed by atoms with Crippen molar-refractivity contribution in [3.8, 4) is 11.5 Å². The highest BCUT2D eigenvalue weighted by Crippen LogP contribution is 2.47. The number of thiophene rings is 1. The van der Waals surface area contributed by atoms with Crippen LogP contribution in [0.2, 0.25) is 0 Å². The number of Topliss-reactive ketones (excluding diaryl/α,β-unsaturated/α-hetero) is 1. The van der Waals surface area contributed by atoms with E-state index in [0.29, 0.717) is 69.3 Å². The summed E-state index contributed by atoms with van der Waals surface area (Å²) in [6.45, 7) is 1.97. The zero-order chi connectivity index (χ0) is 25.5. The summed E-state index contributed by atoms with van der Waals surface area (Å²) < 4.78 is 6.24. The van der Waals surface area contributed by atoms with Gasteiger partial charge in [-0.15, -0.1) is 11.3 Å². The highest BCUT2D eigenvalue weighted by atomic mass is 32.1. The van der Waals surface area contributed by atoms with Gasteiger partial charge in [-0.2, -0.15) is 0 Å². The van der Waals surface area contributed by atoms with E-state index in [2.05, 4.69) is 15.6 Å². The van der Waals surface area contributed by atoms with Gasteiger partial charge in [-0.3, -0.25) is 14.5 Å². The Morgan fingerprint density at radius 3 is 2.54 bits per heavy atom. The molecule has 1 fully saturated rings. The fourth-order valence-corrected chi connectivity index (χ4v) is 5.86. The number of para-hydroxylation sites is 3. The molecule has 9 heteroatoms. The average molecular weight is 513 g/mol. The van der Waals surface area contributed by atoms with E-state index in [0.717, 1.165) is 5.56 Å². The lowest BCUT2D eigenvalue weighted by atomic mass is 9.94. The minimum absolute atomic E-state index is 0.0590. The van der Waals surface area contributed by atoms with Crippen molar-refractivity contribution in [3.63, 3.8) is 0 Å². The number of aryl methyl sites for hydroxylation is 1. The molecule has 2 aromatic heterocycles. The van der Waals surface area contributed by atoms with Crippen molar-refractivity contribution < 1.29 is 19.1 Å². The highest BCUT2D eigenvalue weighted by Gasteiger charge is 2.34. The molecule has 2 N–H and O–H groups in total.